The lowest BCUT2D eigenvalue weighted by atomic mass is 10.1. The summed E-state index contributed by atoms with van der Waals surface area (Å²) in [5.74, 6) is -5.31. The van der Waals surface area contributed by atoms with E-state index in [1.807, 2.05) is 0 Å². The van der Waals surface area contributed by atoms with Crippen molar-refractivity contribution in [3.63, 3.8) is 0 Å². The number of nitro groups is 1. The Bertz CT molecular complexity index is 617. The average molecular weight is 300 g/mol. The minimum atomic E-state index is -1.79. The molecule has 0 saturated carbocycles. The first-order valence-corrected chi connectivity index (χ1v) is 5.41. The van der Waals surface area contributed by atoms with Crippen LogP contribution in [0.4, 0.5) is 10.1 Å². The highest BCUT2D eigenvalue weighted by Crippen LogP contribution is 2.19. The molecular weight excluding hydrogens is 291 g/mol. The van der Waals surface area contributed by atoms with Crippen molar-refractivity contribution in [2.75, 3.05) is 0 Å². The fourth-order valence-electron chi connectivity index (χ4n) is 1.46. The second kappa shape index (κ2) is 6.41. The van der Waals surface area contributed by atoms with E-state index in [1.54, 1.807) is 5.32 Å². The van der Waals surface area contributed by atoms with Crippen molar-refractivity contribution in [3.8, 4) is 0 Å². The van der Waals surface area contributed by atoms with Gasteiger partial charge in [0.05, 0.1) is 11.3 Å². The van der Waals surface area contributed by atoms with Crippen LogP contribution in [0.1, 0.15) is 16.8 Å². The van der Waals surface area contributed by atoms with E-state index in [9.17, 15) is 28.9 Å². The number of hydrogen-bond donors (Lipinski definition) is 3. The van der Waals surface area contributed by atoms with E-state index in [0.717, 1.165) is 12.1 Å². The summed E-state index contributed by atoms with van der Waals surface area (Å²) in [6, 6.07) is 0.281. The number of amides is 1. The van der Waals surface area contributed by atoms with Crippen molar-refractivity contribution in [2.24, 2.45) is 0 Å². The summed E-state index contributed by atoms with van der Waals surface area (Å²) in [7, 11) is 0. The van der Waals surface area contributed by atoms with E-state index >= 15 is 0 Å². The summed E-state index contributed by atoms with van der Waals surface area (Å²) in [6.45, 7) is 0. The number of carbonyl (C=O) groups excluding carboxylic acids is 1. The first-order valence-electron chi connectivity index (χ1n) is 5.41. The molecule has 0 aliphatic carbocycles. The molecule has 0 bridgehead atoms. The van der Waals surface area contributed by atoms with Gasteiger partial charge in [0.2, 0.25) is 0 Å². The Balaban J connectivity index is 3.07. The molecule has 0 fully saturated rings. The molecule has 0 heterocycles. The van der Waals surface area contributed by atoms with Gasteiger partial charge in [0, 0.05) is 6.07 Å². The molecule has 1 atom stereocenters. The van der Waals surface area contributed by atoms with Crippen LogP contribution in [0, 0.1) is 15.9 Å². The lowest BCUT2D eigenvalue weighted by Gasteiger charge is -2.12. The Morgan fingerprint density at radius 1 is 1.33 bits per heavy atom. The highest BCUT2D eigenvalue weighted by molar-refractivity contribution is 6.00. The number of nitrogens with one attached hydrogen (secondary N) is 1. The molecule has 3 N–H and O–H groups in total. The second-order valence-corrected chi connectivity index (χ2v) is 3.88. The zero-order valence-electron chi connectivity index (χ0n) is 10.3. The highest BCUT2D eigenvalue weighted by Gasteiger charge is 2.27. The third-order valence-electron chi connectivity index (χ3n) is 2.38. The Morgan fingerprint density at radius 3 is 2.43 bits per heavy atom. The monoisotopic (exact) mass is 300 g/mol. The number of hydrogen-bond acceptors (Lipinski definition) is 5. The molecule has 0 aromatic heterocycles. The van der Waals surface area contributed by atoms with Gasteiger partial charge in [-0.1, -0.05) is 0 Å². The topological polar surface area (TPSA) is 147 Å². The summed E-state index contributed by atoms with van der Waals surface area (Å²) in [5.41, 5.74) is -1.43. The van der Waals surface area contributed by atoms with E-state index in [1.165, 1.54) is 0 Å². The van der Waals surface area contributed by atoms with Crippen LogP contribution in [0.15, 0.2) is 18.2 Å². The number of carboxylic acid groups (broad SMARTS) is 2. The SMILES string of the molecule is O=C(O)C[C@H](NC(=O)c1cc(F)ccc1[N+](=O)[O-])C(=O)O. The number of benzene rings is 1. The van der Waals surface area contributed by atoms with Crippen molar-refractivity contribution in [1.29, 1.82) is 0 Å². The number of rotatable bonds is 6. The summed E-state index contributed by atoms with van der Waals surface area (Å²) in [6.07, 6.45) is -0.926. The first kappa shape index (κ1) is 16.0. The molecule has 21 heavy (non-hydrogen) atoms. The zero-order chi connectivity index (χ0) is 16.2. The van der Waals surface area contributed by atoms with Crippen LogP contribution in [0.25, 0.3) is 0 Å². The number of nitro benzene ring substituents is 1. The lowest BCUT2D eigenvalue weighted by Crippen LogP contribution is -2.42. The number of nitrogens with zero attached hydrogens (tertiary/aromatic N) is 1. The van der Waals surface area contributed by atoms with Gasteiger partial charge in [-0.25, -0.2) is 9.18 Å². The van der Waals surface area contributed by atoms with Crippen molar-refractivity contribution >= 4 is 23.5 Å². The van der Waals surface area contributed by atoms with Gasteiger partial charge in [-0.2, -0.15) is 0 Å². The number of carboxylic acids is 2. The summed E-state index contributed by atoms with van der Waals surface area (Å²) in [5, 5.41) is 29.8. The van der Waals surface area contributed by atoms with E-state index < -0.39 is 52.3 Å². The molecule has 9 nitrogen and oxygen atoms in total. The van der Waals surface area contributed by atoms with Gasteiger partial charge in [-0.15, -0.1) is 0 Å². The molecule has 0 radical (unpaired) electrons. The van der Waals surface area contributed by atoms with Crippen LogP contribution < -0.4 is 5.32 Å². The second-order valence-electron chi connectivity index (χ2n) is 3.88. The van der Waals surface area contributed by atoms with Gasteiger partial charge in [0.25, 0.3) is 11.6 Å². The molecule has 0 aliphatic heterocycles. The van der Waals surface area contributed by atoms with Crippen molar-refractivity contribution in [2.45, 2.75) is 12.5 Å². The largest absolute Gasteiger partial charge is 0.481 e. The molecule has 10 heteroatoms. The number of carbonyl (C=O) groups is 3. The summed E-state index contributed by atoms with van der Waals surface area (Å²) >= 11 is 0. The van der Waals surface area contributed by atoms with Crippen LogP contribution in [-0.4, -0.2) is 39.0 Å². The molecule has 1 amide bonds. The maximum absolute atomic E-state index is 13.1. The lowest BCUT2D eigenvalue weighted by molar-refractivity contribution is -0.385. The maximum Gasteiger partial charge on any atom is 0.326 e. The Morgan fingerprint density at radius 2 is 1.95 bits per heavy atom. The minimum Gasteiger partial charge on any atom is -0.481 e. The van der Waals surface area contributed by atoms with Crippen LogP contribution in [0.3, 0.4) is 0 Å². The van der Waals surface area contributed by atoms with Crippen LogP contribution in [-0.2, 0) is 9.59 Å². The maximum atomic E-state index is 13.1. The van der Waals surface area contributed by atoms with Gasteiger partial charge in [-0.3, -0.25) is 19.7 Å². The van der Waals surface area contributed by atoms with Gasteiger partial charge in [0.15, 0.2) is 0 Å². The van der Waals surface area contributed by atoms with E-state index in [4.69, 9.17) is 10.2 Å². The van der Waals surface area contributed by atoms with Gasteiger partial charge >= 0.3 is 11.9 Å². The Labute approximate surface area is 116 Å². The van der Waals surface area contributed by atoms with Gasteiger partial charge in [0.1, 0.15) is 17.4 Å². The fraction of sp³-hybridized carbons (Fsp3) is 0.182. The van der Waals surface area contributed by atoms with Crippen molar-refractivity contribution < 1.29 is 33.9 Å². The molecule has 1 aromatic rings. The minimum absolute atomic E-state index is 0.563. The van der Waals surface area contributed by atoms with Crippen molar-refractivity contribution in [3.05, 3.63) is 39.7 Å². The molecule has 0 saturated heterocycles. The third-order valence-corrected chi connectivity index (χ3v) is 2.38. The predicted octanol–water partition coefficient (Wildman–Crippen LogP) is 0.392. The number of halogens is 1. The van der Waals surface area contributed by atoms with Crippen LogP contribution >= 0.6 is 0 Å². The van der Waals surface area contributed by atoms with E-state index in [2.05, 4.69) is 0 Å². The normalized spacial score (nSPS) is 11.5. The highest BCUT2D eigenvalue weighted by atomic mass is 19.1. The molecule has 0 unspecified atom stereocenters. The van der Waals surface area contributed by atoms with Crippen molar-refractivity contribution in [1.82, 2.24) is 5.32 Å². The average Bonchev–Trinajstić information content (AvgIpc) is 2.36. The predicted molar refractivity (Wildman–Crippen MR) is 64.2 cm³/mol. The third kappa shape index (κ3) is 4.23. The Kier molecular flexibility index (Phi) is 4.89. The van der Waals surface area contributed by atoms with Gasteiger partial charge in [-0.05, 0) is 12.1 Å². The van der Waals surface area contributed by atoms with E-state index in [0.29, 0.717) is 6.07 Å². The first-order chi connectivity index (χ1) is 9.72. The standard InChI is InChI=1S/C11H9FN2O7/c12-5-1-2-8(14(20)21)6(3-5)10(17)13-7(11(18)19)4-9(15)16/h1-3,7H,4H2,(H,13,17)(H,15,16)(H,18,19)/t7-/m0/s1. The molecule has 0 spiro atoms. The summed E-state index contributed by atoms with van der Waals surface area (Å²) in [4.78, 5) is 42.8. The molecule has 112 valence electrons. The fourth-order valence-corrected chi connectivity index (χ4v) is 1.46. The molecular formula is C11H9FN2O7. The molecule has 1 rings (SSSR count). The Hall–Kier alpha value is -3.04. The molecule has 1 aromatic carbocycles. The smallest absolute Gasteiger partial charge is 0.326 e. The molecule has 0 aliphatic rings. The van der Waals surface area contributed by atoms with Crippen LogP contribution in [0.2, 0.25) is 0 Å². The van der Waals surface area contributed by atoms with Crippen LogP contribution in [0.5, 0.6) is 0 Å². The quantitative estimate of drug-likeness (QED) is 0.508. The zero-order valence-corrected chi connectivity index (χ0v) is 10.3. The number of aliphatic carboxylic acids is 2. The summed E-state index contributed by atoms with van der Waals surface area (Å²) < 4.78 is 13.1. The van der Waals surface area contributed by atoms with Gasteiger partial charge < -0.3 is 15.5 Å². The van der Waals surface area contributed by atoms with E-state index in [-0.39, 0.29) is 0 Å².